The van der Waals surface area contributed by atoms with Gasteiger partial charge in [0.15, 0.2) is 5.82 Å². The van der Waals surface area contributed by atoms with Crippen LogP contribution in [0.2, 0.25) is 0 Å². The molecule has 2 heterocycles. The quantitative estimate of drug-likeness (QED) is 0.912. The van der Waals surface area contributed by atoms with E-state index in [0.717, 1.165) is 23.1 Å². The fraction of sp³-hybridized carbons (Fsp3) is 0.667. The van der Waals surface area contributed by atoms with Crippen molar-refractivity contribution in [2.75, 3.05) is 12.3 Å². The van der Waals surface area contributed by atoms with Crippen molar-refractivity contribution in [3.8, 4) is 0 Å². The summed E-state index contributed by atoms with van der Waals surface area (Å²) in [6.45, 7) is 5.61. The number of anilines is 1. The lowest BCUT2D eigenvalue weighted by Crippen LogP contribution is -2.39. The molecule has 1 aromatic rings. The third kappa shape index (κ3) is 2.77. The number of rotatable bonds is 2. The summed E-state index contributed by atoms with van der Waals surface area (Å²) in [5.74, 6) is 0.459. The molecule has 17 heavy (non-hydrogen) atoms. The fourth-order valence-corrected chi connectivity index (χ4v) is 2.76. The zero-order chi connectivity index (χ0) is 12.4. The number of aromatic nitrogens is 2. The second-order valence-corrected chi connectivity index (χ2v) is 5.70. The van der Waals surface area contributed by atoms with Gasteiger partial charge in [-0.05, 0) is 55.2 Å². The van der Waals surface area contributed by atoms with Crippen molar-refractivity contribution in [2.45, 2.75) is 45.2 Å². The molecular formula is C12H19BrN4. The first kappa shape index (κ1) is 12.8. The van der Waals surface area contributed by atoms with Gasteiger partial charge < -0.3 is 5.73 Å². The minimum Gasteiger partial charge on any atom is -0.381 e. The first-order valence-electron chi connectivity index (χ1n) is 6.14. The van der Waals surface area contributed by atoms with Gasteiger partial charge in [0, 0.05) is 6.04 Å². The number of hydrogen-bond acceptors (Lipinski definition) is 4. The Hall–Kier alpha value is -0.680. The van der Waals surface area contributed by atoms with Crippen molar-refractivity contribution in [1.82, 2.24) is 15.1 Å². The lowest BCUT2D eigenvalue weighted by Gasteiger charge is -2.38. The van der Waals surface area contributed by atoms with Crippen molar-refractivity contribution in [2.24, 2.45) is 0 Å². The summed E-state index contributed by atoms with van der Waals surface area (Å²) in [6.07, 6.45) is 3.69. The van der Waals surface area contributed by atoms with Crippen molar-refractivity contribution < 1.29 is 0 Å². The van der Waals surface area contributed by atoms with E-state index in [1.165, 1.54) is 12.8 Å². The summed E-state index contributed by atoms with van der Waals surface area (Å²) in [6, 6.07) is 2.93. The highest BCUT2D eigenvalue weighted by Crippen LogP contribution is 2.32. The molecule has 0 spiro atoms. The van der Waals surface area contributed by atoms with E-state index in [1.807, 2.05) is 6.07 Å². The molecule has 1 fully saturated rings. The van der Waals surface area contributed by atoms with Crippen molar-refractivity contribution >= 4 is 21.7 Å². The van der Waals surface area contributed by atoms with Gasteiger partial charge in [0.05, 0.1) is 16.2 Å². The van der Waals surface area contributed by atoms with E-state index in [-0.39, 0.29) is 0 Å². The zero-order valence-electron chi connectivity index (χ0n) is 10.4. The van der Waals surface area contributed by atoms with Gasteiger partial charge in [0.25, 0.3) is 0 Å². The molecule has 0 radical (unpaired) electrons. The second-order valence-electron chi connectivity index (χ2n) is 4.85. The van der Waals surface area contributed by atoms with Crippen LogP contribution in [-0.4, -0.2) is 27.7 Å². The highest BCUT2D eigenvalue weighted by atomic mass is 79.9. The predicted molar refractivity (Wildman–Crippen MR) is 72.6 cm³/mol. The summed E-state index contributed by atoms with van der Waals surface area (Å²) < 4.78 is 0.844. The van der Waals surface area contributed by atoms with E-state index in [4.69, 9.17) is 5.73 Å². The molecule has 1 aromatic heterocycles. The van der Waals surface area contributed by atoms with E-state index >= 15 is 0 Å². The summed E-state index contributed by atoms with van der Waals surface area (Å²) in [4.78, 5) is 2.50. The van der Waals surface area contributed by atoms with E-state index in [1.54, 1.807) is 0 Å². The van der Waals surface area contributed by atoms with Crippen LogP contribution >= 0.6 is 15.9 Å². The monoisotopic (exact) mass is 298 g/mol. The molecule has 1 aliphatic rings. The van der Waals surface area contributed by atoms with Crippen LogP contribution in [-0.2, 0) is 0 Å². The Balaban J connectivity index is 2.26. The number of nitrogens with two attached hydrogens (primary N) is 1. The Bertz CT molecular complexity index is 394. The lowest BCUT2D eigenvalue weighted by atomic mass is 9.97. The Labute approximate surface area is 111 Å². The molecule has 5 heteroatoms. The van der Waals surface area contributed by atoms with Crippen LogP contribution in [0.1, 0.15) is 44.8 Å². The summed E-state index contributed by atoms with van der Waals surface area (Å²) in [5, 5.41) is 8.25. The van der Waals surface area contributed by atoms with Crippen LogP contribution in [0.25, 0.3) is 0 Å². The number of piperidine rings is 1. The SMILES string of the molecule is CC(C)N1CCCCC1c1cc(Br)c(N)nn1. The highest BCUT2D eigenvalue weighted by molar-refractivity contribution is 9.10. The van der Waals surface area contributed by atoms with Crippen molar-refractivity contribution in [3.05, 3.63) is 16.2 Å². The van der Waals surface area contributed by atoms with Crippen LogP contribution in [0, 0.1) is 0 Å². The van der Waals surface area contributed by atoms with Crippen molar-refractivity contribution in [1.29, 1.82) is 0 Å². The predicted octanol–water partition coefficient (Wildman–Crippen LogP) is 2.76. The fourth-order valence-electron chi connectivity index (χ4n) is 2.44. The topological polar surface area (TPSA) is 55.0 Å². The molecule has 0 aromatic carbocycles. The molecule has 2 N–H and O–H groups in total. The number of hydrogen-bond donors (Lipinski definition) is 1. The van der Waals surface area contributed by atoms with E-state index in [0.29, 0.717) is 17.9 Å². The maximum Gasteiger partial charge on any atom is 0.160 e. The maximum atomic E-state index is 5.68. The Morgan fingerprint density at radius 1 is 1.41 bits per heavy atom. The molecule has 0 aliphatic carbocycles. The molecule has 0 bridgehead atoms. The third-order valence-electron chi connectivity index (χ3n) is 3.34. The second kappa shape index (κ2) is 5.31. The Morgan fingerprint density at radius 2 is 2.18 bits per heavy atom. The molecular weight excluding hydrogens is 280 g/mol. The molecule has 0 saturated carbocycles. The molecule has 0 amide bonds. The normalized spacial score (nSPS) is 22.0. The number of nitrogen functional groups attached to an aromatic ring is 1. The average Bonchev–Trinajstić information content (AvgIpc) is 2.32. The van der Waals surface area contributed by atoms with E-state index in [2.05, 4.69) is 44.9 Å². The Kier molecular flexibility index (Phi) is 3.99. The van der Waals surface area contributed by atoms with E-state index < -0.39 is 0 Å². The van der Waals surface area contributed by atoms with Gasteiger partial charge in [0.1, 0.15) is 0 Å². The van der Waals surface area contributed by atoms with Crippen molar-refractivity contribution in [3.63, 3.8) is 0 Å². The van der Waals surface area contributed by atoms with E-state index in [9.17, 15) is 0 Å². The third-order valence-corrected chi connectivity index (χ3v) is 3.98. The van der Waals surface area contributed by atoms with Gasteiger partial charge >= 0.3 is 0 Å². The first-order chi connectivity index (χ1) is 8.09. The molecule has 1 saturated heterocycles. The standard InChI is InChI=1S/C12H19BrN4/c1-8(2)17-6-4-3-5-11(17)10-7-9(13)12(14)16-15-10/h7-8,11H,3-6H2,1-2H3,(H2,14,16). The lowest BCUT2D eigenvalue weighted by molar-refractivity contribution is 0.108. The summed E-state index contributed by atoms with van der Waals surface area (Å²) >= 11 is 3.42. The smallest absolute Gasteiger partial charge is 0.160 e. The van der Waals surface area contributed by atoms with Gasteiger partial charge in [-0.15, -0.1) is 5.10 Å². The van der Waals surface area contributed by atoms with Gasteiger partial charge in [0.2, 0.25) is 0 Å². The molecule has 4 nitrogen and oxygen atoms in total. The largest absolute Gasteiger partial charge is 0.381 e. The van der Waals surface area contributed by atoms with Gasteiger partial charge in [-0.3, -0.25) is 4.90 Å². The van der Waals surface area contributed by atoms with Gasteiger partial charge in [-0.1, -0.05) is 6.42 Å². The minimum atomic E-state index is 0.383. The Morgan fingerprint density at radius 3 is 2.82 bits per heavy atom. The molecule has 94 valence electrons. The van der Waals surface area contributed by atoms with Crippen LogP contribution in [0.15, 0.2) is 10.5 Å². The summed E-state index contributed by atoms with van der Waals surface area (Å²) in [7, 11) is 0. The summed E-state index contributed by atoms with van der Waals surface area (Å²) in [5.41, 5.74) is 6.71. The number of halogens is 1. The first-order valence-corrected chi connectivity index (χ1v) is 6.93. The van der Waals surface area contributed by atoms with Gasteiger partial charge in [-0.2, -0.15) is 5.10 Å². The van der Waals surface area contributed by atoms with Gasteiger partial charge in [-0.25, -0.2) is 0 Å². The average molecular weight is 299 g/mol. The number of likely N-dealkylation sites (tertiary alicyclic amines) is 1. The maximum absolute atomic E-state index is 5.68. The van der Waals surface area contributed by atoms with Crippen LogP contribution in [0.3, 0.4) is 0 Å². The van der Waals surface area contributed by atoms with Crippen LogP contribution < -0.4 is 5.73 Å². The molecule has 1 aliphatic heterocycles. The van der Waals surface area contributed by atoms with Crippen LogP contribution in [0.4, 0.5) is 5.82 Å². The number of nitrogens with zero attached hydrogens (tertiary/aromatic N) is 3. The molecule has 1 unspecified atom stereocenters. The van der Waals surface area contributed by atoms with Crippen LogP contribution in [0.5, 0.6) is 0 Å². The zero-order valence-corrected chi connectivity index (χ0v) is 11.9. The minimum absolute atomic E-state index is 0.383. The molecule has 1 atom stereocenters. The highest BCUT2D eigenvalue weighted by Gasteiger charge is 2.27. The molecule has 2 rings (SSSR count).